The number of alkyl halides is 2. The Bertz CT molecular complexity index is 1450. The lowest BCUT2D eigenvalue weighted by molar-refractivity contribution is 0.153. The molecule has 3 N–H and O–H groups in total. The number of rotatable bonds is 5. The molecule has 2 heterocycles. The second kappa shape index (κ2) is 8.24. The molecule has 2 aromatic heterocycles. The van der Waals surface area contributed by atoms with Crippen LogP contribution in [-0.2, 0) is 10.0 Å². The molecule has 0 aliphatic carbocycles. The Kier molecular flexibility index (Phi) is 5.61. The molecule has 0 radical (unpaired) electrons. The van der Waals surface area contributed by atoms with E-state index >= 15 is 0 Å². The fraction of sp³-hybridized carbons (Fsp3) is 0.0500. The summed E-state index contributed by atoms with van der Waals surface area (Å²) in [5.74, 6) is -1.12. The zero-order chi connectivity index (χ0) is 23.0. The van der Waals surface area contributed by atoms with E-state index in [1.807, 2.05) is 0 Å². The van der Waals surface area contributed by atoms with E-state index in [9.17, 15) is 21.6 Å². The number of aromatic nitrogens is 3. The highest BCUT2D eigenvalue weighted by Gasteiger charge is 2.21. The average Bonchev–Trinajstić information content (AvgIpc) is 2.74. The molecule has 7 nitrogen and oxygen atoms in total. The highest BCUT2D eigenvalue weighted by Crippen LogP contribution is 2.32. The third-order valence-electron chi connectivity index (χ3n) is 4.47. The van der Waals surface area contributed by atoms with Gasteiger partial charge >= 0.3 is 0 Å². The molecule has 0 amide bonds. The van der Waals surface area contributed by atoms with Gasteiger partial charge in [-0.2, -0.15) is 0 Å². The Morgan fingerprint density at radius 1 is 1.06 bits per heavy atom. The predicted octanol–water partition coefficient (Wildman–Crippen LogP) is 4.80. The number of hydrogen-bond acceptors (Lipinski definition) is 6. The van der Waals surface area contributed by atoms with Crippen LogP contribution in [0.1, 0.15) is 12.0 Å². The molecule has 0 saturated heterocycles. The van der Waals surface area contributed by atoms with Crippen LogP contribution in [0.2, 0.25) is 5.02 Å². The maximum Gasteiger partial charge on any atom is 0.266 e. The van der Waals surface area contributed by atoms with Gasteiger partial charge in [-0.1, -0.05) is 29.8 Å². The molecule has 0 saturated carbocycles. The van der Waals surface area contributed by atoms with Crippen LogP contribution in [0.4, 0.5) is 24.8 Å². The molecule has 32 heavy (non-hydrogen) atoms. The number of benzene rings is 2. The standard InChI is InChI=1S/C20H13ClF3N5O2S/c21-12-3-1-2-4-17(12)32(30,31)29-14-6-5-10(7-13(14)22)15-8-11(19(23)24)18-16(27-15)9-26-20(25)28-18/h1-9,19,29H,(H2,25,26,28). The minimum atomic E-state index is -4.16. The normalized spacial score (nSPS) is 11.8. The monoisotopic (exact) mass is 479 g/mol. The van der Waals surface area contributed by atoms with E-state index < -0.39 is 27.8 Å². The van der Waals surface area contributed by atoms with Crippen LogP contribution in [0.5, 0.6) is 0 Å². The first kappa shape index (κ1) is 21.8. The summed E-state index contributed by atoms with van der Waals surface area (Å²) < 4.78 is 69.1. The number of sulfonamides is 1. The zero-order valence-electron chi connectivity index (χ0n) is 15.9. The quantitative estimate of drug-likeness (QED) is 0.425. The van der Waals surface area contributed by atoms with Crippen LogP contribution in [0.25, 0.3) is 22.3 Å². The lowest BCUT2D eigenvalue weighted by Crippen LogP contribution is -2.14. The van der Waals surface area contributed by atoms with E-state index in [0.717, 1.165) is 18.2 Å². The molecule has 0 atom stereocenters. The van der Waals surface area contributed by atoms with Gasteiger partial charge < -0.3 is 5.73 Å². The Hall–Kier alpha value is -3.44. The second-order valence-electron chi connectivity index (χ2n) is 6.59. The molecule has 4 aromatic rings. The Balaban J connectivity index is 1.73. The van der Waals surface area contributed by atoms with Crippen LogP contribution in [0.15, 0.2) is 59.6 Å². The number of fused-ring (bicyclic) bond motifs is 1. The van der Waals surface area contributed by atoms with Gasteiger partial charge in [-0.3, -0.25) is 4.72 Å². The van der Waals surface area contributed by atoms with Crippen molar-refractivity contribution in [2.75, 3.05) is 10.5 Å². The molecular formula is C20H13ClF3N5O2S. The van der Waals surface area contributed by atoms with Gasteiger partial charge in [-0.05, 0) is 30.3 Å². The molecule has 0 fully saturated rings. The van der Waals surface area contributed by atoms with Crippen molar-refractivity contribution in [2.24, 2.45) is 0 Å². The predicted molar refractivity (Wildman–Crippen MR) is 114 cm³/mol. The Morgan fingerprint density at radius 2 is 1.81 bits per heavy atom. The molecule has 0 bridgehead atoms. The van der Waals surface area contributed by atoms with Gasteiger partial charge in [0.25, 0.3) is 16.4 Å². The van der Waals surface area contributed by atoms with E-state index in [0.29, 0.717) is 0 Å². The van der Waals surface area contributed by atoms with E-state index in [4.69, 9.17) is 17.3 Å². The number of halogens is 4. The lowest BCUT2D eigenvalue weighted by atomic mass is 10.1. The third kappa shape index (κ3) is 4.16. The summed E-state index contributed by atoms with van der Waals surface area (Å²) >= 11 is 5.92. The smallest absolute Gasteiger partial charge is 0.266 e. The van der Waals surface area contributed by atoms with E-state index in [2.05, 4.69) is 19.7 Å². The van der Waals surface area contributed by atoms with Crippen molar-refractivity contribution in [1.82, 2.24) is 15.0 Å². The van der Waals surface area contributed by atoms with Crippen LogP contribution in [-0.4, -0.2) is 23.4 Å². The lowest BCUT2D eigenvalue weighted by Gasteiger charge is -2.12. The van der Waals surface area contributed by atoms with Gasteiger partial charge in [0.1, 0.15) is 21.7 Å². The van der Waals surface area contributed by atoms with Crippen molar-refractivity contribution in [3.63, 3.8) is 0 Å². The Morgan fingerprint density at radius 3 is 2.50 bits per heavy atom. The number of nitrogen functional groups attached to an aromatic ring is 1. The van der Waals surface area contributed by atoms with Crippen molar-refractivity contribution >= 4 is 44.3 Å². The number of nitrogens with zero attached hydrogens (tertiary/aromatic N) is 3. The minimum Gasteiger partial charge on any atom is -0.368 e. The van der Waals surface area contributed by atoms with Crippen LogP contribution < -0.4 is 10.5 Å². The molecule has 4 rings (SSSR count). The van der Waals surface area contributed by atoms with Gasteiger partial charge in [0.05, 0.1) is 22.6 Å². The van der Waals surface area contributed by atoms with Gasteiger partial charge in [0.15, 0.2) is 0 Å². The zero-order valence-corrected chi connectivity index (χ0v) is 17.5. The van der Waals surface area contributed by atoms with Crippen LogP contribution in [0.3, 0.4) is 0 Å². The fourth-order valence-electron chi connectivity index (χ4n) is 2.99. The van der Waals surface area contributed by atoms with Gasteiger partial charge in [0, 0.05) is 11.1 Å². The van der Waals surface area contributed by atoms with Crippen LogP contribution >= 0.6 is 11.6 Å². The number of nitrogens with one attached hydrogen (secondary N) is 1. The van der Waals surface area contributed by atoms with Crippen molar-refractivity contribution < 1.29 is 21.6 Å². The second-order valence-corrected chi connectivity index (χ2v) is 8.65. The molecule has 0 spiro atoms. The maximum atomic E-state index is 14.7. The summed E-state index contributed by atoms with van der Waals surface area (Å²) in [6, 6.07) is 10.2. The molecule has 12 heteroatoms. The number of hydrogen-bond donors (Lipinski definition) is 2. The SMILES string of the molecule is Nc1ncc2nc(-c3ccc(NS(=O)(=O)c4ccccc4Cl)c(F)c3)cc(C(F)F)c2n1. The summed E-state index contributed by atoms with van der Waals surface area (Å²) in [6.45, 7) is 0. The van der Waals surface area contributed by atoms with Crippen molar-refractivity contribution in [1.29, 1.82) is 0 Å². The molecule has 0 unspecified atom stereocenters. The largest absolute Gasteiger partial charge is 0.368 e. The summed E-state index contributed by atoms with van der Waals surface area (Å²) in [7, 11) is -4.16. The molecular weight excluding hydrogens is 467 g/mol. The minimum absolute atomic E-state index is 0.0280. The third-order valence-corrected chi connectivity index (χ3v) is 6.33. The van der Waals surface area contributed by atoms with E-state index in [1.54, 1.807) is 6.07 Å². The van der Waals surface area contributed by atoms with Gasteiger partial charge in [-0.25, -0.2) is 36.5 Å². The summed E-state index contributed by atoms with van der Waals surface area (Å²) in [5, 5.41) is -0.0280. The molecule has 0 aliphatic heterocycles. The topological polar surface area (TPSA) is 111 Å². The number of anilines is 2. The average molecular weight is 480 g/mol. The fourth-order valence-corrected chi connectivity index (χ4v) is 4.58. The first-order valence-electron chi connectivity index (χ1n) is 8.94. The van der Waals surface area contributed by atoms with Crippen molar-refractivity contribution in [3.05, 3.63) is 71.1 Å². The Labute approximate surface area is 185 Å². The highest BCUT2D eigenvalue weighted by molar-refractivity contribution is 7.92. The summed E-state index contributed by atoms with van der Waals surface area (Å²) in [6.07, 6.45) is -1.70. The number of nitrogens with two attached hydrogens (primary N) is 1. The van der Waals surface area contributed by atoms with Gasteiger partial charge in [0.2, 0.25) is 5.95 Å². The highest BCUT2D eigenvalue weighted by atomic mass is 35.5. The van der Waals surface area contributed by atoms with E-state index in [-0.39, 0.29) is 43.8 Å². The van der Waals surface area contributed by atoms with Crippen LogP contribution in [0, 0.1) is 5.82 Å². The first-order chi connectivity index (χ1) is 15.2. The summed E-state index contributed by atoms with van der Waals surface area (Å²) in [4.78, 5) is 11.5. The van der Waals surface area contributed by atoms with E-state index in [1.165, 1.54) is 30.5 Å². The number of pyridine rings is 1. The van der Waals surface area contributed by atoms with Crippen molar-refractivity contribution in [3.8, 4) is 11.3 Å². The summed E-state index contributed by atoms with van der Waals surface area (Å²) in [5.41, 5.74) is 4.79. The van der Waals surface area contributed by atoms with Crippen molar-refractivity contribution in [2.45, 2.75) is 11.3 Å². The maximum absolute atomic E-state index is 14.7. The molecule has 164 valence electrons. The molecule has 2 aromatic carbocycles. The van der Waals surface area contributed by atoms with Gasteiger partial charge in [-0.15, -0.1) is 0 Å². The molecule has 0 aliphatic rings. The first-order valence-corrected chi connectivity index (χ1v) is 10.8.